The summed E-state index contributed by atoms with van der Waals surface area (Å²) in [7, 11) is 1.71. The third kappa shape index (κ3) is 5.44. The maximum absolute atomic E-state index is 13.1. The first-order valence-corrected chi connectivity index (χ1v) is 11.9. The minimum absolute atomic E-state index is 0.108. The molecule has 2 aromatic carbocycles. The lowest BCUT2D eigenvalue weighted by Gasteiger charge is -2.25. The summed E-state index contributed by atoms with van der Waals surface area (Å²) in [5.74, 6) is -0.137. The number of nitrogens with zero attached hydrogens (tertiary/aromatic N) is 3. The van der Waals surface area contributed by atoms with Gasteiger partial charge in [0.1, 0.15) is 6.54 Å². The Kier molecular flexibility index (Phi) is 7.63. The molecule has 1 aliphatic heterocycles. The molecular weight excluding hydrogens is 466 g/mol. The Morgan fingerprint density at radius 1 is 1.23 bits per heavy atom. The van der Waals surface area contributed by atoms with Gasteiger partial charge in [-0.25, -0.2) is 9.97 Å². The predicted molar refractivity (Wildman–Crippen MR) is 135 cm³/mol. The quantitative estimate of drug-likeness (QED) is 0.418. The molecule has 3 aromatic rings. The molecule has 8 nitrogen and oxygen atoms in total. The molecule has 0 aliphatic carbocycles. The lowest BCUT2D eigenvalue weighted by Crippen LogP contribution is -2.42. The van der Waals surface area contributed by atoms with Crippen molar-refractivity contribution in [3.05, 3.63) is 76.4 Å². The molecule has 35 heavy (non-hydrogen) atoms. The van der Waals surface area contributed by atoms with Crippen LogP contribution in [0, 0.1) is 0 Å². The van der Waals surface area contributed by atoms with Crippen LogP contribution in [0.5, 0.6) is 0 Å². The fraction of sp³-hybridized carbons (Fsp3) is 0.308. The van der Waals surface area contributed by atoms with E-state index in [1.807, 2.05) is 49.4 Å². The van der Waals surface area contributed by atoms with Gasteiger partial charge in [-0.15, -0.1) is 0 Å². The van der Waals surface area contributed by atoms with Crippen LogP contribution in [0.25, 0.3) is 11.3 Å². The van der Waals surface area contributed by atoms with Crippen molar-refractivity contribution in [1.29, 1.82) is 0 Å². The molecule has 3 N–H and O–H groups in total. The predicted octanol–water partition coefficient (Wildman–Crippen LogP) is 3.81. The van der Waals surface area contributed by atoms with E-state index in [2.05, 4.69) is 20.6 Å². The molecule has 1 aliphatic rings. The molecule has 2 heterocycles. The monoisotopic (exact) mass is 493 g/mol. The minimum atomic E-state index is -0.722. The van der Waals surface area contributed by atoms with E-state index in [-0.39, 0.29) is 18.4 Å². The lowest BCUT2D eigenvalue weighted by molar-refractivity contribution is -0.123. The van der Waals surface area contributed by atoms with Crippen LogP contribution < -0.4 is 10.6 Å². The molecule has 0 radical (unpaired) electrons. The molecule has 0 saturated carbocycles. The van der Waals surface area contributed by atoms with Gasteiger partial charge in [-0.2, -0.15) is 0 Å². The zero-order valence-corrected chi connectivity index (χ0v) is 20.4. The average Bonchev–Trinajstić information content (AvgIpc) is 3.17. The maximum Gasteiger partial charge on any atom is 0.254 e. The fourth-order valence-electron chi connectivity index (χ4n) is 4.24. The molecule has 4 rings (SSSR count). The average molecular weight is 494 g/mol. The van der Waals surface area contributed by atoms with E-state index in [1.54, 1.807) is 13.1 Å². The van der Waals surface area contributed by atoms with Crippen LogP contribution in [0.3, 0.4) is 0 Å². The molecule has 2 atom stereocenters. The molecule has 2 amide bonds. The highest BCUT2D eigenvalue weighted by molar-refractivity contribution is 6.33. The van der Waals surface area contributed by atoms with Gasteiger partial charge in [-0.1, -0.05) is 67.4 Å². The van der Waals surface area contributed by atoms with E-state index in [4.69, 9.17) is 11.6 Å². The Bertz CT molecular complexity index is 1220. The van der Waals surface area contributed by atoms with E-state index >= 15 is 0 Å². The third-order valence-corrected chi connectivity index (χ3v) is 6.29. The van der Waals surface area contributed by atoms with Crippen molar-refractivity contribution in [3.63, 3.8) is 0 Å². The molecule has 0 saturated heterocycles. The van der Waals surface area contributed by atoms with Gasteiger partial charge in [0, 0.05) is 24.7 Å². The molecule has 0 unspecified atom stereocenters. The third-order valence-electron chi connectivity index (χ3n) is 6.01. The topological polar surface area (TPSA) is 107 Å². The Labute approximate surface area is 209 Å². The molecule has 0 fully saturated rings. The van der Waals surface area contributed by atoms with Gasteiger partial charge in [0.15, 0.2) is 0 Å². The van der Waals surface area contributed by atoms with Crippen molar-refractivity contribution in [1.82, 2.24) is 20.2 Å². The largest absolute Gasteiger partial charge is 0.391 e. The number of benzene rings is 2. The lowest BCUT2D eigenvalue weighted by atomic mass is 9.98. The van der Waals surface area contributed by atoms with E-state index in [0.29, 0.717) is 40.8 Å². The smallest absolute Gasteiger partial charge is 0.254 e. The van der Waals surface area contributed by atoms with Gasteiger partial charge in [-0.3, -0.25) is 9.59 Å². The Morgan fingerprint density at radius 3 is 2.71 bits per heavy atom. The number of hydrogen-bond acceptors (Lipinski definition) is 6. The second-order valence-electron chi connectivity index (χ2n) is 8.49. The van der Waals surface area contributed by atoms with Gasteiger partial charge in [-0.05, 0) is 23.6 Å². The number of fused-ring (bicyclic) bond motifs is 1. The van der Waals surface area contributed by atoms with Crippen LogP contribution in [0.1, 0.15) is 47.3 Å². The molecule has 182 valence electrons. The zero-order chi connectivity index (χ0) is 24.9. The number of rotatable bonds is 9. The number of aliphatic hydroxyl groups is 1. The van der Waals surface area contributed by atoms with Gasteiger partial charge < -0.3 is 20.6 Å². The number of halogens is 1. The summed E-state index contributed by atoms with van der Waals surface area (Å²) in [6.07, 6.45) is 2.13. The summed E-state index contributed by atoms with van der Waals surface area (Å²) < 4.78 is 0. The number of amides is 2. The van der Waals surface area contributed by atoms with Crippen LogP contribution in [0.15, 0.2) is 54.7 Å². The van der Waals surface area contributed by atoms with E-state index in [9.17, 15) is 14.7 Å². The van der Waals surface area contributed by atoms with Crippen LogP contribution in [-0.4, -0.2) is 51.5 Å². The van der Waals surface area contributed by atoms with Crippen molar-refractivity contribution in [2.75, 3.05) is 18.9 Å². The zero-order valence-electron chi connectivity index (χ0n) is 19.7. The van der Waals surface area contributed by atoms with E-state index in [1.165, 1.54) is 11.1 Å². The molecule has 9 heteroatoms. The minimum Gasteiger partial charge on any atom is -0.391 e. The van der Waals surface area contributed by atoms with Crippen LogP contribution in [0.2, 0.25) is 5.02 Å². The molecule has 1 aromatic heterocycles. The molecular formula is C26H28ClN5O3. The number of hydrogen-bond donors (Lipinski definition) is 3. The van der Waals surface area contributed by atoms with Crippen molar-refractivity contribution in [3.8, 4) is 11.3 Å². The van der Waals surface area contributed by atoms with Crippen molar-refractivity contribution in [2.24, 2.45) is 0 Å². The Balaban J connectivity index is 1.49. The standard InChI is InChI=1S/C26H28ClN5O3/c1-3-7-21(33)24(16-8-5-4-6-9-16)30-22(34)15-32-14-18-11-10-17(12-19(18)25(32)35)23-20(27)13-29-26(28-2)31-23/h4-6,8-13,21,24,33H,3,7,14-15H2,1-2H3,(H,30,34)(H,28,29,31)/t21-,24-/m0/s1. The first kappa shape index (κ1) is 24.6. The van der Waals surface area contributed by atoms with Gasteiger partial charge in [0.2, 0.25) is 11.9 Å². The number of carbonyl (C=O) groups is 2. The first-order valence-electron chi connectivity index (χ1n) is 11.6. The maximum atomic E-state index is 13.1. The van der Waals surface area contributed by atoms with Crippen molar-refractivity contribution >= 4 is 29.4 Å². The van der Waals surface area contributed by atoms with Crippen LogP contribution >= 0.6 is 11.6 Å². The van der Waals surface area contributed by atoms with Gasteiger partial charge in [0.05, 0.1) is 29.1 Å². The second-order valence-corrected chi connectivity index (χ2v) is 8.89. The molecule has 0 spiro atoms. The Morgan fingerprint density at radius 2 is 2.00 bits per heavy atom. The normalized spacial score (nSPS) is 14.4. The highest BCUT2D eigenvalue weighted by atomic mass is 35.5. The summed E-state index contributed by atoms with van der Waals surface area (Å²) in [5.41, 5.74) is 3.38. The first-order chi connectivity index (χ1) is 16.9. The number of aliphatic hydroxyl groups excluding tert-OH is 1. The summed E-state index contributed by atoms with van der Waals surface area (Å²) in [4.78, 5) is 36.1. The van der Waals surface area contributed by atoms with E-state index in [0.717, 1.165) is 17.5 Å². The fourth-order valence-corrected chi connectivity index (χ4v) is 4.44. The van der Waals surface area contributed by atoms with Gasteiger partial charge >= 0.3 is 0 Å². The summed E-state index contributed by atoms with van der Waals surface area (Å²) in [6.45, 7) is 2.20. The number of carbonyl (C=O) groups excluding carboxylic acids is 2. The molecule has 0 bridgehead atoms. The van der Waals surface area contributed by atoms with Crippen LogP contribution in [-0.2, 0) is 11.3 Å². The highest BCUT2D eigenvalue weighted by Crippen LogP contribution is 2.31. The number of aromatic nitrogens is 2. The van der Waals surface area contributed by atoms with Gasteiger partial charge in [0.25, 0.3) is 5.91 Å². The number of anilines is 1. The van der Waals surface area contributed by atoms with E-state index < -0.39 is 12.1 Å². The Hall–Kier alpha value is -3.49. The SMILES string of the molecule is CCC[C@H](O)[C@@H](NC(=O)CN1Cc2ccc(-c3nc(NC)ncc3Cl)cc2C1=O)c1ccccc1. The summed E-state index contributed by atoms with van der Waals surface area (Å²) in [5, 5.41) is 16.8. The van der Waals surface area contributed by atoms with Crippen molar-refractivity contribution in [2.45, 2.75) is 38.5 Å². The number of nitrogens with one attached hydrogen (secondary N) is 2. The summed E-state index contributed by atoms with van der Waals surface area (Å²) >= 11 is 6.30. The van der Waals surface area contributed by atoms with Crippen molar-refractivity contribution < 1.29 is 14.7 Å². The van der Waals surface area contributed by atoms with Crippen LogP contribution in [0.4, 0.5) is 5.95 Å². The summed E-state index contributed by atoms with van der Waals surface area (Å²) in [6, 6.07) is 14.3. The second kappa shape index (κ2) is 10.8. The highest BCUT2D eigenvalue weighted by Gasteiger charge is 2.31.